The van der Waals surface area contributed by atoms with Crippen molar-refractivity contribution in [1.82, 2.24) is 10.2 Å². The summed E-state index contributed by atoms with van der Waals surface area (Å²) in [6.07, 6.45) is 4.89. The molecule has 2 N–H and O–H groups in total. The van der Waals surface area contributed by atoms with Gasteiger partial charge in [-0.25, -0.2) is 0 Å². The molecule has 1 heterocycles. The van der Waals surface area contributed by atoms with E-state index in [1.54, 1.807) is 0 Å². The summed E-state index contributed by atoms with van der Waals surface area (Å²) in [6, 6.07) is 13.9. The van der Waals surface area contributed by atoms with Gasteiger partial charge in [-0.3, -0.25) is 9.59 Å². The van der Waals surface area contributed by atoms with Crippen LogP contribution in [0.15, 0.2) is 42.5 Å². The Morgan fingerprint density at radius 1 is 1.00 bits per heavy atom. The van der Waals surface area contributed by atoms with Crippen LogP contribution in [0.2, 0.25) is 0 Å². The maximum Gasteiger partial charge on any atom is 0.254 e. The molecule has 0 bridgehead atoms. The van der Waals surface area contributed by atoms with Gasteiger partial charge in [0, 0.05) is 24.3 Å². The number of rotatable bonds is 6. The Labute approximate surface area is 196 Å². The zero-order valence-electron chi connectivity index (χ0n) is 19.9. The fourth-order valence-electron chi connectivity index (χ4n) is 4.84. The maximum absolute atomic E-state index is 12.8. The van der Waals surface area contributed by atoms with E-state index in [0.717, 1.165) is 24.1 Å². The molecule has 2 aromatic carbocycles. The molecule has 3 unspecified atom stereocenters. The quantitative estimate of drug-likeness (QED) is 0.697. The van der Waals surface area contributed by atoms with Gasteiger partial charge in [0.25, 0.3) is 5.91 Å². The molecule has 1 saturated heterocycles. The summed E-state index contributed by atoms with van der Waals surface area (Å²) in [5.41, 5.74) is 5.48. The van der Waals surface area contributed by atoms with Crippen LogP contribution in [0.25, 0.3) is 0 Å². The predicted molar refractivity (Wildman–Crippen MR) is 130 cm³/mol. The molecule has 2 aliphatic rings. The number of carbonyl (C=O) groups is 2. The summed E-state index contributed by atoms with van der Waals surface area (Å²) >= 11 is 0. The molecular formula is C27H35N3O3. The van der Waals surface area contributed by atoms with Crippen molar-refractivity contribution >= 4 is 17.5 Å². The second kappa shape index (κ2) is 10.4. The topological polar surface area (TPSA) is 70.7 Å². The van der Waals surface area contributed by atoms with E-state index in [1.165, 1.54) is 24.0 Å². The van der Waals surface area contributed by atoms with Crippen molar-refractivity contribution in [3.8, 4) is 0 Å². The highest BCUT2D eigenvalue weighted by Crippen LogP contribution is 2.25. The number of morpholine rings is 1. The van der Waals surface area contributed by atoms with Crippen molar-refractivity contribution in [3.63, 3.8) is 0 Å². The molecule has 2 aromatic rings. The fourth-order valence-corrected chi connectivity index (χ4v) is 4.84. The Morgan fingerprint density at radius 3 is 2.36 bits per heavy atom. The minimum Gasteiger partial charge on any atom is -0.376 e. The summed E-state index contributed by atoms with van der Waals surface area (Å²) < 4.78 is 5.71. The molecule has 0 spiro atoms. The van der Waals surface area contributed by atoms with Crippen molar-refractivity contribution in [2.24, 2.45) is 0 Å². The molecule has 0 saturated carbocycles. The zero-order chi connectivity index (χ0) is 23.4. The van der Waals surface area contributed by atoms with Crippen LogP contribution in [-0.2, 0) is 22.4 Å². The summed E-state index contributed by atoms with van der Waals surface area (Å²) in [4.78, 5) is 27.1. The third-order valence-corrected chi connectivity index (χ3v) is 6.54. The van der Waals surface area contributed by atoms with E-state index in [0.29, 0.717) is 18.7 Å². The lowest BCUT2D eigenvalue weighted by Crippen LogP contribution is -2.48. The number of fused-ring (bicyclic) bond motifs is 1. The first-order valence-electron chi connectivity index (χ1n) is 12.1. The number of hydrogen-bond donors (Lipinski definition) is 2. The van der Waals surface area contributed by atoms with E-state index in [9.17, 15) is 9.59 Å². The van der Waals surface area contributed by atoms with Crippen molar-refractivity contribution < 1.29 is 14.3 Å². The highest BCUT2D eigenvalue weighted by Gasteiger charge is 2.26. The summed E-state index contributed by atoms with van der Waals surface area (Å²) in [5, 5.41) is 6.23. The van der Waals surface area contributed by atoms with Gasteiger partial charge in [0.1, 0.15) is 0 Å². The molecular weight excluding hydrogens is 414 g/mol. The van der Waals surface area contributed by atoms with Gasteiger partial charge in [0.05, 0.1) is 24.8 Å². The normalized spacial score (nSPS) is 21.1. The predicted octanol–water partition coefficient (Wildman–Crippen LogP) is 4.10. The van der Waals surface area contributed by atoms with Gasteiger partial charge >= 0.3 is 0 Å². The van der Waals surface area contributed by atoms with Crippen LogP contribution < -0.4 is 10.6 Å². The average Bonchev–Trinajstić information content (AvgIpc) is 2.81. The van der Waals surface area contributed by atoms with E-state index < -0.39 is 0 Å². The Balaban J connectivity index is 1.27. The standard InChI is InChI=1S/C27H35N3O3/c1-18-16-30(17-19(2)33-18)27(32)22-10-12-25(13-11-22)28-15-26(31)29-20(3)23-9-8-21-6-4-5-7-24(21)14-23/h8-14,18-20,28H,4-7,15-17H2,1-3H3,(H,29,31). The van der Waals surface area contributed by atoms with Gasteiger partial charge in [-0.1, -0.05) is 18.2 Å². The third kappa shape index (κ3) is 5.93. The van der Waals surface area contributed by atoms with Crippen LogP contribution in [0.5, 0.6) is 0 Å². The average molecular weight is 450 g/mol. The van der Waals surface area contributed by atoms with E-state index in [4.69, 9.17) is 4.74 Å². The van der Waals surface area contributed by atoms with Crippen LogP contribution in [0, 0.1) is 0 Å². The maximum atomic E-state index is 12.8. The molecule has 1 aliphatic heterocycles. The van der Waals surface area contributed by atoms with Crippen LogP contribution in [0.1, 0.15) is 66.7 Å². The number of hydrogen-bond acceptors (Lipinski definition) is 4. The summed E-state index contributed by atoms with van der Waals surface area (Å²) in [5.74, 6) is -0.0446. The van der Waals surface area contributed by atoms with Crippen molar-refractivity contribution in [3.05, 3.63) is 64.7 Å². The first-order valence-corrected chi connectivity index (χ1v) is 12.1. The van der Waals surface area contributed by atoms with Gasteiger partial charge in [-0.15, -0.1) is 0 Å². The first-order chi connectivity index (χ1) is 15.9. The molecule has 1 fully saturated rings. The molecule has 33 heavy (non-hydrogen) atoms. The summed E-state index contributed by atoms with van der Waals surface area (Å²) in [6.45, 7) is 7.38. The monoisotopic (exact) mass is 449 g/mol. The van der Waals surface area contributed by atoms with Crippen LogP contribution in [0.4, 0.5) is 5.69 Å². The van der Waals surface area contributed by atoms with E-state index in [-0.39, 0.29) is 36.6 Å². The lowest BCUT2D eigenvalue weighted by molar-refractivity contribution is -0.120. The van der Waals surface area contributed by atoms with Crippen molar-refractivity contribution in [2.75, 3.05) is 25.0 Å². The molecule has 4 rings (SSSR count). The molecule has 1 aliphatic carbocycles. The molecule has 6 heteroatoms. The SMILES string of the molecule is CC1CN(C(=O)c2ccc(NCC(=O)NC(C)c3ccc4c(c3)CCCC4)cc2)CC(C)O1. The first kappa shape index (κ1) is 23.3. The molecule has 176 valence electrons. The number of benzene rings is 2. The Kier molecular flexibility index (Phi) is 7.33. The molecule has 2 amide bonds. The number of nitrogens with zero attached hydrogens (tertiary/aromatic N) is 1. The number of aryl methyl sites for hydroxylation is 2. The van der Waals surface area contributed by atoms with Crippen LogP contribution in [-0.4, -0.2) is 48.6 Å². The number of amides is 2. The summed E-state index contributed by atoms with van der Waals surface area (Å²) in [7, 11) is 0. The lowest BCUT2D eigenvalue weighted by Gasteiger charge is -2.35. The largest absolute Gasteiger partial charge is 0.376 e. The van der Waals surface area contributed by atoms with Crippen molar-refractivity contribution in [1.29, 1.82) is 0 Å². The second-order valence-corrected chi connectivity index (χ2v) is 9.42. The van der Waals surface area contributed by atoms with Crippen LogP contribution >= 0.6 is 0 Å². The molecule has 3 atom stereocenters. The van der Waals surface area contributed by atoms with Gasteiger partial charge in [-0.2, -0.15) is 0 Å². The smallest absolute Gasteiger partial charge is 0.254 e. The van der Waals surface area contributed by atoms with E-state index in [2.05, 4.69) is 28.8 Å². The number of anilines is 1. The van der Waals surface area contributed by atoms with Gasteiger partial charge < -0.3 is 20.3 Å². The van der Waals surface area contributed by atoms with Gasteiger partial charge in [0.15, 0.2) is 0 Å². The number of ether oxygens (including phenoxy) is 1. The van der Waals surface area contributed by atoms with E-state index >= 15 is 0 Å². The molecule has 0 radical (unpaired) electrons. The lowest BCUT2D eigenvalue weighted by atomic mass is 9.89. The highest BCUT2D eigenvalue weighted by atomic mass is 16.5. The van der Waals surface area contributed by atoms with Crippen molar-refractivity contribution in [2.45, 2.75) is 64.7 Å². The van der Waals surface area contributed by atoms with Gasteiger partial charge in [-0.05, 0) is 87.4 Å². The minimum absolute atomic E-state index is 0.0140. The molecule has 6 nitrogen and oxygen atoms in total. The highest BCUT2D eigenvalue weighted by molar-refractivity contribution is 5.94. The Morgan fingerprint density at radius 2 is 1.67 bits per heavy atom. The second-order valence-electron chi connectivity index (χ2n) is 9.42. The zero-order valence-corrected chi connectivity index (χ0v) is 19.9. The van der Waals surface area contributed by atoms with Gasteiger partial charge in [0.2, 0.25) is 5.91 Å². The van der Waals surface area contributed by atoms with Crippen LogP contribution in [0.3, 0.4) is 0 Å². The number of nitrogens with one attached hydrogen (secondary N) is 2. The van der Waals surface area contributed by atoms with E-state index in [1.807, 2.05) is 49.9 Å². The Hall–Kier alpha value is -2.86. The molecule has 0 aromatic heterocycles. The third-order valence-electron chi connectivity index (χ3n) is 6.54. The number of carbonyl (C=O) groups excluding carboxylic acids is 2. The fraction of sp³-hybridized carbons (Fsp3) is 0.481. The Bertz CT molecular complexity index is 979. The minimum atomic E-state index is -0.0586.